The van der Waals surface area contributed by atoms with Crippen molar-refractivity contribution >= 4 is 21.7 Å². The number of carbonyl (C=O) groups excluding carboxylic acids is 2. The molecular formula is C17H23NO5S. The molecule has 2 rings (SSSR count). The average molecular weight is 353 g/mol. The zero-order valence-corrected chi connectivity index (χ0v) is 15.1. The molecule has 1 aromatic rings. The highest BCUT2D eigenvalue weighted by Gasteiger charge is 2.23. The minimum Gasteiger partial charge on any atom is -0.452 e. The molecular weight excluding hydrogens is 330 g/mol. The van der Waals surface area contributed by atoms with E-state index < -0.39 is 15.8 Å². The molecule has 0 aliphatic carbocycles. The van der Waals surface area contributed by atoms with Gasteiger partial charge in [-0.1, -0.05) is 13.0 Å². The average Bonchev–Trinajstić information content (AvgIpc) is 2.51. The highest BCUT2D eigenvalue weighted by atomic mass is 32.2. The maximum atomic E-state index is 12.2. The van der Waals surface area contributed by atoms with Gasteiger partial charge in [0.25, 0.3) is 5.91 Å². The quantitative estimate of drug-likeness (QED) is 0.771. The molecule has 0 spiro atoms. The van der Waals surface area contributed by atoms with E-state index >= 15 is 0 Å². The van der Waals surface area contributed by atoms with Crippen molar-refractivity contribution in [3.8, 4) is 0 Å². The second kappa shape index (κ2) is 7.34. The van der Waals surface area contributed by atoms with E-state index in [1.54, 1.807) is 17.9 Å². The number of likely N-dealkylation sites (tertiary alicyclic amines) is 1. The molecule has 1 amide bonds. The van der Waals surface area contributed by atoms with Gasteiger partial charge in [-0.15, -0.1) is 0 Å². The molecule has 0 aromatic heterocycles. The summed E-state index contributed by atoms with van der Waals surface area (Å²) < 4.78 is 28.3. The Morgan fingerprint density at radius 2 is 2.04 bits per heavy atom. The van der Waals surface area contributed by atoms with Crippen LogP contribution in [0, 0.1) is 12.8 Å². The van der Waals surface area contributed by atoms with Crippen LogP contribution in [0.1, 0.15) is 35.7 Å². The van der Waals surface area contributed by atoms with Crippen molar-refractivity contribution in [1.29, 1.82) is 0 Å². The summed E-state index contributed by atoms with van der Waals surface area (Å²) in [7, 11) is -3.41. The number of piperidine rings is 1. The Bertz CT molecular complexity index is 741. The van der Waals surface area contributed by atoms with Crippen molar-refractivity contribution in [2.45, 2.75) is 31.6 Å². The summed E-state index contributed by atoms with van der Waals surface area (Å²) in [5, 5.41) is 0. The summed E-state index contributed by atoms with van der Waals surface area (Å²) in [5.74, 6) is -0.449. The van der Waals surface area contributed by atoms with E-state index in [1.165, 1.54) is 12.1 Å². The molecule has 1 aromatic carbocycles. The number of sulfone groups is 1. The van der Waals surface area contributed by atoms with Gasteiger partial charge >= 0.3 is 5.97 Å². The second-order valence-electron chi connectivity index (χ2n) is 6.41. The first-order valence-corrected chi connectivity index (χ1v) is 9.83. The van der Waals surface area contributed by atoms with Gasteiger partial charge in [0, 0.05) is 19.3 Å². The minimum absolute atomic E-state index is 0.0521. The number of hydrogen-bond acceptors (Lipinski definition) is 5. The zero-order valence-electron chi connectivity index (χ0n) is 14.2. The molecule has 7 heteroatoms. The molecule has 132 valence electrons. The molecule has 0 radical (unpaired) electrons. The summed E-state index contributed by atoms with van der Waals surface area (Å²) in [6, 6.07) is 4.29. The van der Waals surface area contributed by atoms with Gasteiger partial charge in [0.2, 0.25) is 0 Å². The van der Waals surface area contributed by atoms with Crippen molar-refractivity contribution in [2.24, 2.45) is 5.92 Å². The number of aryl methyl sites for hydroxylation is 1. The van der Waals surface area contributed by atoms with Crippen LogP contribution in [0.3, 0.4) is 0 Å². The van der Waals surface area contributed by atoms with E-state index in [0.717, 1.165) is 19.1 Å². The molecule has 0 bridgehead atoms. The molecule has 1 unspecified atom stereocenters. The number of amides is 1. The number of benzene rings is 1. The van der Waals surface area contributed by atoms with Crippen molar-refractivity contribution in [1.82, 2.24) is 4.90 Å². The summed E-state index contributed by atoms with van der Waals surface area (Å²) in [6.07, 6.45) is 3.13. The third-order valence-electron chi connectivity index (χ3n) is 4.19. The Balaban J connectivity index is 2.03. The molecule has 1 saturated heterocycles. The third-order valence-corrected chi connectivity index (χ3v) is 5.30. The van der Waals surface area contributed by atoms with E-state index in [-0.39, 0.29) is 23.0 Å². The lowest BCUT2D eigenvalue weighted by Gasteiger charge is -2.30. The molecule has 1 fully saturated rings. The van der Waals surface area contributed by atoms with Crippen LogP contribution >= 0.6 is 0 Å². The zero-order chi connectivity index (χ0) is 17.9. The van der Waals surface area contributed by atoms with Gasteiger partial charge in [0.05, 0.1) is 10.5 Å². The van der Waals surface area contributed by atoms with Crippen LogP contribution in [0.2, 0.25) is 0 Å². The number of hydrogen-bond donors (Lipinski definition) is 0. The van der Waals surface area contributed by atoms with Crippen LogP contribution < -0.4 is 0 Å². The maximum absolute atomic E-state index is 12.2. The number of nitrogens with zero attached hydrogens (tertiary/aromatic N) is 1. The highest BCUT2D eigenvalue weighted by Crippen LogP contribution is 2.18. The first-order chi connectivity index (χ1) is 11.2. The molecule has 24 heavy (non-hydrogen) atoms. The van der Waals surface area contributed by atoms with Crippen molar-refractivity contribution < 1.29 is 22.7 Å². The Hall–Kier alpha value is -1.89. The third kappa shape index (κ3) is 4.56. The van der Waals surface area contributed by atoms with E-state index in [0.29, 0.717) is 24.6 Å². The molecule has 0 N–H and O–H groups in total. The minimum atomic E-state index is -3.41. The van der Waals surface area contributed by atoms with Crippen molar-refractivity contribution in [2.75, 3.05) is 26.0 Å². The first kappa shape index (κ1) is 18.4. The Labute approximate surface area is 142 Å². The van der Waals surface area contributed by atoms with Gasteiger partial charge in [-0.3, -0.25) is 4.79 Å². The normalized spacial score (nSPS) is 18.3. The van der Waals surface area contributed by atoms with Crippen LogP contribution in [0.5, 0.6) is 0 Å². The predicted octanol–water partition coefficient (Wildman–Crippen LogP) is 1.81. The van der Waals surface area contributed by atoms with Gasteiger partial charge in [0.15, 0.2) is 16.4 Å². The molecule has 1 aliphatic heterocycles. The molecule has 0 saturated carbocycles. The summed E-state index contributed by atoms with van der Waals surface area (Å²) >= 11 is 0. The van der Waals surface area contributed by atoms with E-state index in [1.807, 2.05) is 0 Å². The van der Waals surface area contributed by atoms with Crippen LogP contribution in [0.15, 0.2) is 23.1 Å². The Kier molecular flexibility index (Phi) is 5.64. The first-order valence-electron chi connectivity index (χ1n) is 7.94. The fraction of sp³-hybridized carbons (Fsp3) is 0.529. The lowest BCUT2D eigenvalue weighted by atomic mass is 10.0. The highest BCUT2D eigenvalue weighted by molar-refractivity contribution is 7.90. The largest absolute Gasteiger partial charge is 0.452 e. The van der Waals surface area contributed by atoms with E-state index in [4.69, 9.17) is 4.74 Å². The number of rotatable bonds is 4. The van der Waals surface area contributed by atoms with Crippen LogP contribution in [-0.4, -0.2) is 51.1 Å². The SMILES string of the molecule is Cc1ccc(S(C)(=O)=O)cc1C(=O)OCC(=O)N1CCCC(C)C1. The molecule has 1 aliphatic rings. The monoisotopic (exact) mass is 353 g/mol. The van der Waals surface area contributed by atoms with Gasteiger partial charge in [0.1, 0.15) is 0 Å². The lowest BCUT2D eigenvalue weighted by Crippen LogP contribution is -2.41. The van der Waals surface area contributed by atoms with Gasteiger partial charge < -0.3 is 9.64 Å². The van der Waals surface area contributed by atoms with Crippen LogP contribution in [0.4, 0.5) is 0 Å². The Morgan fingerprint density at radius 3 is 2.67 bits per heavy atom. The van der Waals surface area contributed by atoms with E-state index in [9.17, 15) is 18.0 Å². The fourth-order valence-corrected chi connectivity index (χ4v) is 3.41. The molecule has 1 heterocycles. The number of carbonyl (C=O) groups is 2. The summed E-state index contributed by atoms with van der Waals surface area (Å²) in [4.78, 5) is 26.1. The van der Waals surface area contributed by atoms with Gasteiger partial charge in [-0.05, 0) is 43.4 Å². The Morgan fingerprint density at radius 1 is 1.33 bits per heavy atom. The van der Waals surface area contributed by atoms with Crippen molar-refractivity contribution in [3.63, 3.8) is 0 Å². The second-order valence-corrected chi connectivity index (χ2v) is 8.43. The molecule has 1 atom stereocenters. The van der Waals surface area contributed by atoms with Crippen LogP contribution in [-0.2, 0) is 19.4 Å². The number of ether oxygens (including phenoxy) is 1. The van der Waals surface area contributed by atoms with Crippen LogP contribution in [0.25, 0.3) is 0 Å². The van der Waals surface area contributed by atoms with Gasteiger partial charge in [-0.25, -0.2) is 13.2 Å². The number of esters is 1. The maximum Gasteiger partial charge on any atom is 0.338 e. The smallest absolute Gasteiger partial charge is 0.338 e. The lowest BCUT2D eigenvalue weighted by molar-refractivity contribution is -0.136. The fourth-order valence-electron chi connectivity index (χ4n) is 2.76. The topological polar surface area (TPSA) is 80.7 Å². The molecule has 6 nitrogen and oxygen atoms in total. The predicted molar refractivity (Wildman–Crippen MR) is 89.5 cm³/mol. The summed E-state index contributed by atoms with van der Waals surface area (Å²) in [5.41, 5.74) is 0.768. The standard InChI is InChI=1S/C17H23NO5S/c1-12-5-4-8-18(10-12)16(19)11-23-17(20)15-9-14(24(3,21)22)7-6-13(15)2/h6-7,9,12H,4-5,8,10-11H2,1-3H3. The van der Waals surface area contributed by atoms with Gasteiger partial charge in [-0.2, -0.15) is 0 Å². The van der Waals surface area contributed by atoms with Crippen molar-refractivity contribution in [3.05, 3.63) is 29.3 Å². The van der Waals surface area contributed by atoms with E-state index in [2.05, 4.69) is 6.92 Å². The summed E-state index contributed by atoms with van der Waals surface area (Å²) in [6.45, 7) is 4.82.